The molecule has 0 N–H and O–H groups in total. The summed E-state index contributed by atoms with van der Waals surface area (Å²) in [6.07, 6.45) is 5.74. The number of aromatic nitrogens is 2. The van der Waals surface area contributed by atoms with Gasteiger partial charge in [-0.05, 0) is 71.0 Å². The number of rotatable bonds is 4. The molecule has 1 aliphatic rings. The van der Waals surface area contributed by atoms with E-state index in [1.807, 2.05) is 10.9 Å². The average molecular weight is 343 g/mol. The van der Waals surface area contributed by atoms with E-state index in [1.165, 1.54) is 17.7 Å². The van der Waals surface area contributed by atoms with Crippen LogP contribution in [0.5, 0.6) is 0 Å². The van der Waals surface area contributed by atoms with Gasteiger partial charge in [-0.15, -0.1) is 0 Å². The largest absolute Gasteiger partial charge is 0.299 e. The molecule has 2 heterocycles. The molecule has 4 nitrogen and oxygen atoms in total. The molecule has 0 saturated carbocycles. The van der Waals surface area contributed by atoms with Crippen molar-refractivity contribution in [1.29, 1.82) is 0 Å². The zero-order valence-electron chi connectivity index (χ0n) is 15.2. The van der Waals surface area contributed by atoms with Gasteiger partial charge in [0.15, 0.2) is 5.78 Å². The first-order valence-electron chi connectivity index (χ1n) is 8.89. The zero-order valence-corrected chi connectivity index (χ0v) is 15.2. The molecule has 25 heavy (non-hydrogen) atoms. The third-order valence-corrected chi connectivity index (χ3v) is 4.82. The Balaban J connectivity index is 1.54. The lowest BCUT2D eigenvalue weighted by Crippen LogP contribution is -2.35. The molecular weight excluding hydrogens is 317 g/mol. The van der Waals surface area contributed by atoms with Crippen molar-refractivity contribution in [3.8, 4) is 0 Å². The van der Waals surface area contributed by atoms with Crippen molar-refractivity contribution in [3.05, 3.63) is 53.6 Å². The molecule has 0 atom stereocenters. The van der Waals surface area contributed by atoms with Crippen LogP contribution >= 0.6 is 0 Å². The summed E-state index contributed by atoms with van der Waals surface area (Å²) in [5.74, 6) is -0.124. The van der Waals surface area contributed by atoms with Gasteiger partial charge in [-0.2, -0.15) is 5.10 Å². The first kappa shape index (κ1) is 17.8. The summed E-state index contributed by atoms with van der Waals surface area (Å²) < 4.78 is 15.0. The summed E-state index contributed by atoms with van der Waals surface area (Å²) in [6.45, 7) is 9.08. The summed E-state index contributed by atoms with van der Waals surface area (Å²) in [6, 6.07) is 5.89. The van der Waals surface area contributed by atoms with Crippen LogP contribution in [-0.2, 0) is 12.1 Å². The second-order valence-electron chi connectivity index (χ2n) is 7.89. The molecule has 1 aromatic carbocycles. The van der Waals surface area contributed by atoms with E-state index in [1.54, 1.807) is 12.1 Å². The highest BCUT2D eigenvalue weighted by Crippen LogP contribution is 2.23. The van der Waals surface area contributed by atoms with Gasteiger partial charge in [-0.25, -0.2) is 4.39 Å². The van der Waals surface area contributed by atoms with Gasteiger partial charge in [0.05, 0.1) is 11.7 Å². The number of piperidine rings is 1. The molecule has 1 saturated heterocycles. The number of likely N-dealkylation sites (tertiary alicyclic amines) is 1. The Labute approximate surface area is 148 Å². The second-order valence-corrected chi connectivity index (χ2v) is 7.89. The van der Waals surface area contributed by atoms with Crippen molar-refractivity contribution < 1.29 is 9.18 Å². The van der Waals surface area contributed by atoms with Crippen LogP contribution in [0.1, 0.15) is 49.5 Å². The van der Waals surface area contributed by atoms with Crippen LogP contribution in [0, 0.1) is 11.7 Å². The maximum atomic E-state index is 13.0. The van der Waals surface area contributed by atoms with Crippen molar-refractivity contribution in [2.24, 2.45) is 5.92 Å². The number of hydrogen-bond acceptors (Lipinski definition) is 3. The van der Waals surface area contributed by atoms with Crippen LogP contribution < -0.4 is 0 Å². The smallest absolute Gasteiger partial charge is 0.166 e. The molecule has 2 aromatic rings. The van der Waals surface area contributed by atoms with Crippen LogP contribution in [0.3, 0.4) is 0 Å². The van der Waals surface area contributed by atoms with Crippen molar-refractivity contribution in [1.82, 2.24) is 14.7 Å². The second kappa shape index (κ2) is 7.08. The zero-order chi connectivity index (χ0) is 18.0. The lowest BCUT2D eigenvalue weighted by atomic mass is 9.89. The quantitative estimate of drug-likeness (QED) is 0.791. The molecule has 134 valence electrons. The number of halogens is 1. The van der Waals surface area contributed by atoms with Crippen LogP contribution in [0.25, 0.3) is 0 Å². The lowest BCUT2D eigenvalue weighted by molar-refractivity contribution is 0.0834. The van der Waals surface area contributed by atoms with Gasteiger partial charge >= 0.3 is 0 Å². The van der Waals surface area contributed by atoms with Gasteiger partial charge in [0, 0.05) is 29.8 Å². The third kappa shape index (κ3) is 4.34. The van der Waals surface area contributed by atoms with Crippen LogP contribution in [0.15, 0.2) is 36.7 Å². The molecule has 1 aromatic heterocycles. The minimum atomic E-state index is -0.304. The maximum Gasteiger partial charge on any atom is 0.166 e. The number of ketones is 1. The van der Waals surface area contributed by atoms with Crippen LogP contribution in [0.4, 0.5) is 4.39 Å². The maximum absolute atomic E-state index is 13.0. The lowest BCUT2D eigenvalue weighted by Gasteiger charge is -2.31. The summed E-state index contributed by atoms with van der Waals surface area (Å²) >= 11 is 0. The van der Waals surface area contributed by atoms with Gasteiger partial charge in [0.1, 0.15) is 5.82 Å². The van der Waals surface area contributed by atoms with E-state index in [0.717, 1.165) is 32.5 Å². The number of carbonyl (C=O) groups excluding carboxylic acids is 1. The van der Waals surface area contributed by atoms with Crippen molar-refractivity contribution >= 4 is 5.78 Å². The molecule has 3 rings (SSSR count). The topological polar surface area (TPSA) is 38.1 Å². The average Bonchev–Trinajstić information content (AvgIpc) is 3.04. The molecule has 0 radical (unpaired) electrons. The van der Waals surface area contributed by atoms with Crippen LogP contribution in [0.2, 0.25) is 0 Å². The molecule has 5 heteroatoms. The van der Waals surface area contributed by atoms with Gasteiger partial charge in [-0.3, -0.25) is 14.4 Å². The summed E-state index contributed by atoms with van der Waals surface area (Å²) in [5.41, 5.74) is 1.82. The fraction of sp³-hybridized carbons (Fsp3) is 0.500. The molecule has 0 spiro atoms. The number of benzene rings is 1. The number of carbonyl (C=O) groups is 1. The highest BCUT2D eigenvalue weighted by atomic mass is 19.1. The summed E-state index contributed by atoms with van der Waals surface area (Å²) in [7, 11) is 0. The fourth-order valence-electron chi connectivity index (χ4n) is 3.27. The molecule has 0 aliphatic carbocycles. The Kier molecular flexibility index (Phi) is 5.04. The highest BCUT2D eigenvalue weighted by Gasteiger charge is 2.26. The Hall–Kier alpha value is -2.01. The normalized spacial score (nSPS) is 17.0. The summed E-state index contributed by atoms with van der Waals surface area (Å²) in [4.78, 5) is 14.9. The molecular formula is C20H26FN3O. The number of hydrogen-bond donors (Lipinski definition) is 0. The van der Waals surface area contributed by atoms with E-state index in [0.29, 0.717) is 5.56 Å². The predicted octanol–water partition coefficient (Wildman–Crippen LogP) is 3.87. The van der Waals surface area contributed by atoms with Gasteiger partial charge in [-0.1, -0.05) is 0 Å². The van der Waals surface area contributed by atoms with Crippen LogP contribution in [-0.4, -0.2) is 33.6 Å². The van der Waals surface area contributed by atoms with E-state index in [4.69, 9.17) is 0 Å². The Morgan fingerprint density at radius 2 is 1.84 bits per heavy atom. The SMILES string of the molecule is CC(C)(C)n1cc(CN2CCC(C(=O)c3ccc(F)cc3)CC2)cn1. The molecule has 1 aliphatic heterocycles. The van der Waals surface area contributed by atoms with E-state index >= 15 is 0 Å². The van der Waals surface area contributed by atoms with Gasteiger partial charge in [0.2, 0.25) is 0 Å². The monoisotopic (exact) mass is 343 g/mol. The molecule has 0 bridgehead atoms. The number of Topliss-reactive ketones (excluding diaryl/α,β-unsaturated/α-hetero) is 1. The first-order valence-corrected chi connectivity index (χ1v) is 8.89. The van der Waals surface area contributed by atoms with Crippen molar-refractivity contribution in [3.63, 3.8) is 0 Å². The van der Waals surface area contributed by atoms with Crippen molar-refractivity contribution in [2.45, 2.75) is 45.7 Å². The fourth-order valence-corrected chi connectivity index (χ4v) is 3.27. The standard InChI is InChI=1S/C20H26FN3O/c1-20(2,3)24-14-15(12-22-24)13-23-10-8-17(9-11-23)19(25)16-4-6-18(21)7-5-16/h4-7,12,14,17H,8-11,13H2,1-3H3. The van der Waals surface area contributed by atoms with Gasteiger partial charge in [0.25, 0.3) is 0 Å². The van der Waals surface area contributed by atoms with E-state index < -0.39 is 0 Å². The predicted molar refractivity (Wildman–Crippen MR) is 96.0 cm³/mol. The van der Waals surface area contributed by atoms with E-state index in [9.17, 15) is 9.18 Å². The minimum absolute atomic E-state index is 0.00712. The highest BCUT2D eigenvalue weighted by molar-refractivity contribution is 5.97. The Bertz CT molecular complexity index is 722. The van der Waals surface area contributed by atoms with E-state index in [2.05, 4.69) is 37.0 Å². The van der Waals surface area contributed by atoms with Gasteiger partial charge < -0.3 is 0 Å². The molecule has 0 unspecified atom stereocenters. The first-order chi connectivity index (χ1) is 11.8. The Morgan fingerprint density at radius 3 is 2.40 bits per heavy atom. The molecule has 1 fully saturated rings. The molecule has 0 amide bonds. The van der Waals surface area contributed by atoms with Crippen molar-refractivity contribution in [2.75, 3.05) is 13.1 Å². The summed E-state index contributed by atoms with van der Waals surface area (Å²) in [5, 5.41) is 4.45. The van der Waals surface area contributed by atoms with E-state index in [-0.39, 0.29) is 23.1 Å². The third-order valence-electron chi connectivity index (χ3n) is 4.82. The Morgan fingerprint density at radius 1 is 1.20 bits per heavy atom. The number of nitrogens with zero attached hydrogens (tertiary/aromatic N) is 3. The minimum Gasteiger partial charge on any atom is -0.299 e.